The number of sulfonamides is 1. The fourth-order valence-corrected chi connectivity index (χ4v) is 3.54. The molecule has 0 atom stereocenters. The highest BCUT2D eigenvalue weighted by Gasteiger charge is 2.20. The van der Waals surface area contributed by atoms with Crippen molar-refractivity contribution < 1.29 is 17.6 Å². The van der Waals surface area contributed by atoms with Gasteiger partial charge in [0.15, 0.2) is 0 Å². The van der Waals surface area contributed by atoms with Crippen LogP contribution in [0.4, 0.5) is 10.1 Å². The molecule has 0 aliphatic carbocycles. The van der Waals surface area contributed by atoms with Crippen molar-refractivity contribution >= 4 is 21.6 Å². The van der Waals surface area contributed by atoms with E-state index in [1.807, 2.05) is 19.9 Å². The molecule has 0 aliphatic rings. The van der Waals surface area contributed by atoms with Crippen molar-refractivity contribution in [2.24, 2.45) is 0 Å². The molecule has 1 N–H and O–H groups in total. The van der Waals surface area contributed by atoms with Gasteiger partial charge in [0, 0.05) is 19.5 Å². The molecule has 5 nitrogen and oxygen atoms in total. The zero-order chi connectivity index (χ0) is 19.3. The highest BCUT2D eigenvalue weighted by atomic mass is 32.2. The molecule has 2 aromatic carbocycles. The Morgan fingerprint density at radius 3 is 2.38 bits per heavy atom. The molecule has 7 heteroatoms. The van der Waals surface area contributed by atoms with E-state index in [9.17, 15) is 17.6 Å². The van der Waals surface area contributed by atoms with Gasteiger partial charge in [-0.05, 0) is 48.7 Å². The molecular formula is C19H23FN2O3S. The molecule has 0 saturated carbocycles. The molecule has 0 radical (unpaired) electrons. The third-order valence-electron chi connectivity index (χ3n) is 4.19. The summed E-state index contributed by atoms with van der Waals surface area (Å²) in [6.45, 7) is 4.09. The average Bonchev–Trinajstić information content (AvgIpc) is 2.57. The van der Waals surface area contributed by atoms with Gasteiger partial charge in [-0.1, -0.05) is 24.3 Å². The number of nitrogens with one attached hydrogen (secondary N) is 1. The van der Waals surface area contributed by atoms with Crippen LogP contribution in [0.2, 0.25) is 0 Å². The van der Waals surface area contributed by atoms with E-state index in [0.717, 1.165) is 22.9 Å². The second-order valence-electron chi connectivity index (χ2n) is 6.21. The number of amides is 1. The van der Waals surface area contributed by atoms with Crippen molar-refractivity contribution in [2.45, 2.75) is 26.8 Å². The molecule has 0 unspecified atom stereocenters. The summed E-state index contributed by atoms with van der Waals surface area (Å²) in [5, 5.41) is 2.72. The summed E-state index contributed by atoms with van der Waals surface area (Å²) < 4.78 is 38.5. The topological polar surface area (TPSA) is 66.5 Å². The van der Waals surface area contributed by atoms with Crippen LogP contribution in [-0.2, 0) is 21.4 Å². The highest BCUT2D eigenvalue weighted by molar-refractivity contribution is 7.92. The number of hydrogen-bond donors (Lipinski definition) is 1. The zero-order valence-electron chi connectivity index (χ0n) is 15.1. The van der Waals surface area contributed by atoms with Crippen LogP contribution in [-0.4, -0.2) is 27.1 Å². The number of nitrogens with zero attached hydrogens (tertiary/aromatic N) is 1. The summed E-state index contributed by atoms with van der Waals surface area (Å²) in [4.78, 5) is 12.1. The quantitative estimate of drug-likeness (QED) is 0.806. The summed E-state index contributed by atoms with van der Waals surface area (Å²) in [6, 6.07) is 11.3. The zero-order valence-corrected chi connectivity index (χ0v) is 15.9. The van der Waals surface area contributed by atoms with Gasteiger partial charge in [0.2, 0.25) is 15.9 Å². The Hall–Kier alpha value is -2.41. The third-order valence-corrected chi connectivity index (χ3v) is 5.37. The van der Waals surface area contributed by atoms with Gasteiger partial charge in [0.1, 0.15) is 5.82 Å². The SMILES string of the molecule is Cc1cccc(N(CCC(=O)NCc2ccc(F)cc2)S(C)(=O)=O)c1C. The lowest BCUT2D eigenvalue weighted by Crippen LogP contribution is -2.35. The first kappa shape index (κ1) is 19.9. The molecule has 26 heavy (non-hydrogen) atoms. The highest BCUT2D eigenvalue weighted by Crippen LogP contribution is 2.25. The lowest BCUT2D eigenvalue weighted by atomic mass is 10.1. The maximum atomic E-state index is 12.9. The van der Waals surface area contributed by atoms with Crippen molar-refractivity contribution in [1.82, 2.24) is 5.32 Å². The van der Waals surface area contributed by atoms with Gasteiger partial charge in [-0.25, -0.2) is 12.8 Å². The number of carbonyl (C=O) groups excluding carboxylic acids is 1. The van der Waals surface area contributed by atoms with Gasteiger partial charge in [-0.3, -0.25) is 9.10 Å². The minimum atomic E-state index is -3.51. The van der Waals surface area contributed by atoms with Crippen LogP contribution in [0.5, 0.6) is 0 Å². The van der Waals surface area contributed by atoms with Gasteiger partial charge in [0.05, 0.1) is 11.9 Å². The van der Waals surface area contributed by atoms with Crippen LogP contribution in [0.15, 0.2) is 42.5 Å². The molecule has 2 rings (SSSR count). The smallest absolute Gasteiger partial charge is 0.232 e. The minimum Gasteiger partial charge on any atom is -0.352 e. The molecule has 0 heterocycles. The normalized spacial score (nSPS) is 11.2. The van der Waals surface area contributed by atoms with E-state index >= 15 is 0 Å². The standard InChI is InChI=1S/C19H23FN2O3S/c1-14-5-4-6-18(15(14)2)22(26(3,24)25)12-11-19(23)21-13-16-7-9-17(20)10-8-16/h4-10H,11-13H2,1-3H3,(H,21,23). The van der Waals surface area contributed by atoms with Gasteiger partial charge in [-0.15, -0.1) is 0 Å². The first-order valence-corrected chi connectivity index (χ1v) is 10.1. The minimum absolute atomic E-state index is 0.0294. The number of carbonyl (C=O) groups is 1. The van der Waals surface area contributed by atoms with Crippen LogP contribution in [0.25, 0.3) is 0 Å². The first-order chi connectivity index (χ1) is 12.2. The van der Waals surface area contributed by atoms with Gasteiger partial charge < -0.3 is 5.32 Å². The lowest BCUT2D eigenvalue weighted by Gasteiger charge is -2.24. The van der Waals surface area contributed by atoms with Crippen molar-refractivity contribution in [3.63, 3.8) is 0 Å². The number of benzene rings is 2. The number of halogens is 1. The molecule has 140 valence electrons. The molecule has 1 amide bonds. The molecule has 0 saturated heterocycles. The second-order valence-corrected chi connectivity index (χ2v) is 8.11. The maximum Gasteiger partial charge on any atom is 0.232 e. The van der Waals surface area contributed by atoms with Crippen LogP contribution in [0, 0.1) is 19.7 Å². The molecule has 2 aromatic rings. The Balaban J connectivity index is 2.02. The number of rotatable bonds is 7. The van der Waals surface area contributed by atoms with Crippen molar-refractivity contribution in [2.75, 3.05) is 17.1 Å². The fourth-order valence-electron chi connectivity index (χ4n) is 2.57. The van der Waals surface area contributed by atoms with E-state index in [0.29, 0.717) is 5.69 Å². The molecule has 0 bridgehead atoms. The molecule has 0 aromatic heterocycles. The Morgan fingerprint density at radius 1 is 1.12 bits per heavy atom. The van der Waals surface area contributed by atoms with Crippen LogP contribution in [0.3, 0.4) is 0 Å². The number of anilines is 1. The monoisotopic (exact) mass is 378 g/mol. The summed E-state index contributed by atoms with van der Waals surface area (Å²) in [6.07, 6.45) is 1.16. The summed E-state index contributed by atoms with van der Waals surface area (Å²) >= 11 is 0. The summed E-state index contributed by atoms with van der Waals surface area (Å²) in [7, 11) is -3.51. The molecule has 0 fully saturated rings. The summed E-state index contributed by atoms with van der Waals surface area (Å²) in [5.74, 6) is -0.606. The predicted molar refractivity (Wildman–Crippen MR) is 101 cm³/mol. The fraction of sp³-hybridized carbons (Fsp3) is 0.316. The van der Waals surface area contributed by atoms with Crippen molar-refractivity contribution in [1.29, 1.82) is 0 Å². The van der Waals surface area contributed by atoms with E-state index < -0.39 is 10.0 Å². The number of aryl methyl sites for hydroxylation is 1. The van der Waals surface area contributed by atoms with Crippen LogP contribution < -0.4 is 9.62 Å². The third kappa shape index (κ3) is 5.29. The number of hydrogen-bond acceptors (Lipinski definition) is 3. The van der Waals surface area contributed by atoms with Crippen LogP contribution >= 0.6 is 0 Å². The van der Waals surface area contributed by atoms with Crippen molar-refractivity contribution in [3.05, 3.63) is 65.0 Å². The lowest BCUT2D eigenvalue weighted by molar-refractivity contribution is -0.121. The van der Waals surface area contributed by atoms with E-state index in [-0.39, 0.29) is 31.2 Å². The average molecular weight is 378 g/mol. The summed E-state index contributed by atoms with van der Waals surface area (Å²) in [5.41, 5.74) is 3.20. The largest absolute Gasteiger partial charge is 0.352 e. The van der Waals surface area contributed by atoms with Gasteiger partial charge in [0.25, 0.3) is 0 Å². The molecule has 0 spiro atoms. The van der Waals surface area contributed by atoms with Gasteiger partial charge in [-0.2, -0.15) is 0 Å². The molecular weight excluding hydrogens is 355 g/mol. The Labute approximate surface area is 153 Å². The van der Waals surface area contributed by atoms with Crippen LogP contribution in [0.1, 0.15) is 23.1 Å². The Kier molecular flexibility index (Phi) is 6.37. The maximum absolute atomic E-state index is 12.9. The van der Waals surface area contributed by atoms with Gasteiger partial charge >= 0.3 is 0 Å². The first-order valence-electron chi connectivity index (χ1n) is 8.23. The van der Waals surface area contributed by atoms with E-state index in [2.05, 4.69) is 5.32 Å². The van der Waals surface area contributed by atoms with E-state index in [1.165, 1.54) is 16.4 Å². The predicted octanol–water partition coefficient (Wildman–Crippen LogP) is 2.92. The second kappa shape index (κ2) is 8.31. The Bertz CT molecular complexity index is 880. The molecule has 0 aliphatic heterocycles. The Morgan fingerprint density at radius 2 is 1.77 bits per heavy atom. The van der Waals surface area contributed by atoms with Crippen molar-refractivity contribution in [3.8, 4) is 0 Å². The van der Waals surface area contributed by atoms with E-state index in [1.54, 1.807) is 24.3 Å². The van der Waals surface area contributed by atoms with E-state index in [4.69, 9.17) is 0 Å².